The van der Waals surface area contributed by atoms with Gasteiger partial charge in [-0.2, -0.15) is 5.10 Å². The van der Waals surface area contributed by atoms with Gasteiger partial charge in [0.05, 0.1) is 23.0 Å². The zero-order valence-electron chi connectivity index (χ0n) is 11.2. The molecule has 1 N–H and O–H groups in total. The fraction of sp³-hybridized carbons (Fsp3) is 0.357. The van der Waals surface area contributed by atoms with Gasteiger partial charge in [0.15, 0.2) is 0 Å². The lowest BCUT2D eigenvalue weighted by Crippen LogP contribution is -2.19. The number of aryl methyl sites for hydroxylation is 1. The van der Waals surface area contributed by atoms with Crippen LogP contribution in [0, 0.1) is 6.92 Å². The summed E-state index contributed by atoms with van der Waals surface area (Å²) in [7, 11) is 1.70. The minimum absolute atomic E-state index is 0.683. The lowest BCUT2D eigenvalue weighted by Gasteiger charge is -2.10. The van der Waals surface area contributed by atoms with Crippen molar-refractivity contribution in [3.8, 4) is 5.69 Å². The smallest absolute Gasteiger partial charge is 0.0819 e. The third kappa shape index (κ3) is 3.56. The number of nitrogens with one attached hydrogen (secondary N) is 1. The fourth-order valence-electron chi connectivity index (χ4n) is 1.84. The maximum atomic E-state index is 6.06. The molecule has 0 saturated heterocycles. The van der Waals surface area contributed by atoms with Crippen molar-refractivity contribution < 1.29 is 4.74 Å². The summed E-state index contributed by atoms with van der Waals surface area (Å²) in [6.45, 7) is 4.20. The average Bonchev–Trinajstić information content (AvgIpc) is 2.75. The molecule has 0 aliphatic rings. The molecule has 1 aromatic carbocycles. The van der Waals surface area contributed by atoms with E-state index in [-0.39, 0.29) is 0 Å². The van der Waals surface area contributed by atoms with Gasteiger partial charge in [0.2, 0.25) is 0 Å². The molecule has 2 rings (SSSR count). The van der Waals surface area contributed by atoms with Gasteiger partial charge in [0, 0.05) is 26.4 Å². The lowest BCUT2D eigenvalue weighted by molar-refractivity contribution is 0.199. The Morgan fingerprint density at radius 3 is 2.84 bits per heavy atom. The van der Waals surface area contributed by atoms with Crippen LogP contribution in [0.2, 0.25) is 5.02 Å². The average molecular weight is 280 g/mol. The second-order valence-electron chi connectivity index (χ2n) is 4.31. The Hall–Kier alpha value is -1.36. The van der Waals surface area contributed by atoms with Crippen molar-refractivity contribution in [3.05, 3.63) is 46.7 Å². The van der Waals surface area contributed by atoms with Crippen LogP contribution in [0.3, 0.4) is 0 Å². The molecule has 0 spiro atoms. The van der Waals surface area contributed by atoms with Crippen LogP contribution in [0.1, 0.15) is 11.3 Å². The predicted molar refractivity (Wildman–Crippen MR) is 76.9 cm³/mol. The van der Waals surface area contributed by atoms with Crippen LogP contribution in [0.15, 0.2) is 30.5 Å². The number of aromatic nitrogens is 2. The minimum atomic E-state index is 0.683. The van der Waals surface area contributed by atoms with Crippen LogP contribution in [0.4, 0.5) is 0 Å². The van der Waals surface area contributed by atoms with Gasteiger partial charge >= 0.3 is 0 Å². The number of ether oxygens (including phenoxy) is 1. The van der Waals surface area contributed by atoms with E-state index in [1.54, 1.807) is 7.11 Å². The summed E-state index contributed by atoms with van der Waals surface area (Å²) in [6.07, 6.45) is 1.84. The van der Waals surface area contributed by atoms with E-state index in [9.17, 15) is 0 Å². The number of nitrogens with zero attached hydrogens (tertiary/aromatic N) is 2. The molecule has 0 aliphatic heterocycles. The summed E-state index contributed by atoms with van der Waals surface area (Å²) in [5.41, 5.74) is 3.06. The zero-order valence-corrected chi connectivity index (χ0v) is 11.9. The van der Waals surface area contributed by atoms with Gasteiger partial charge in [-0.1, -0.05) is 29.8 Å². The van der Waals surface area contributed by atoms with Gasteiger partial charge in [0.1, 0.15) is 0 Å². The first-order chi connectivity index (χ1) is 9.22. The minimum Gasteiger partial charge on any atom is -0.383 e. The van der Waals surface area contributed by atoms with E-state index in [1.807, 2.05) is 36.0 Å². The zero-order chi connectivity index (χ0) is 13.7. The number of rotatable bonds is 6. The van der Waals surface area contributed by atoms with E-state index in [0.717, 1.165) is 24.5 Å². The number of benzene rings is 1. The number of halogens is 1. The van der Waals surface area contributed by atoms with Crippen molar-refractivity contribution in [1.29, 1.82) is 0 Å². The van der Waals surface area contributed by atoms with Crippen LogP contribution >= 0.6 is 11.6 Å². The van der Waals surface area contributed by atoms with Crippen molar-refractivity contribution in [2.45, 2.75) is 13.5 Å². The first-order valence-electron chi connectivity index (χ1n) is 6.22. The highest BCUT2D eigenvalue weighted by atomic mass is 35.5. The molecule has 2 aromatic rings. The second-order valence-corrected chi connectivity index (χ2v) is 4.71. The molecule has 0 amide bonds. The molecule has 0 unspecified atom stereocenters. The molecule has 0 fully saturated rings. The predicted octanol–water partition coefficient (Wildman–Crippen LogP) is 2.57. The third-order valence-electron chi connectivity index (χ3n) is 2.88. The highest BCUT2D eigenvalue weighted by Crippen LogP contribution is 2.19. The summed E-state index contributed by atoms with van der Waals surface area (Å²) in [6, 6.07) is 8.14. The van der Waals surface area contributed by atoms with Crippen molar-refractivity contribution in [1.82, 2.24) is 15.1 Å². The van der Waals surface area contributed by atoms with Gasteiger partial charge < -0.3 is 10.1 Å². The van der Waals surface area contributed by atoms with Crippen LogP contribution in [-0.2, 0) is 11.3 Å². The quantitative estimate of drug-likeness (QED) is 0.826. The maximum absolute atomic E-state index is 6.06. The van der Waals surface area contributed by atoms with Crippen molar-refractivity contribution >= 4 is 11.6 Å². The topological polar surface area (TPSA) is 39.1 Å². The molecule has 5 heteroatoms. The van der Waals surface area contributed by atoms with Crippen LogP contribution in [0.5, 0.6) is 0 Å². The maximum Gasteiger partial charge on any atom is 0.0819 e. The van der Waals surface area contributed by atoms with Crippen LogP contribution < -0.4 is 5.32 Å². The normalized spacial score (nSPS) is 10.9. The SMILES string of the molecule is COCCNCc1ccccc1-n1cc(Cl)c(C)n1. The molecule has 0 aliphatic carbocycles. The highest BCUT2D eigenvalue weighted by molar-refractivity contribution is 6.31. The molecule has 4 nitrogen and oxygen atoms in total. The Balaban J connectivity index is 2.16. The molecule has 0 bridgehead atoms. The monoisotopic (exact) mass is 279 g/mol. The summed E-state index contributed by atoms with van der Waals surface area (Å²) in [5.74, 6) is 0. The number of para-hydroxylation sites is 1. The van der Waals surface area contributed by atoms with Crippen molar-refractivity contribution in [3.63, 3.8) is 0 Å². The number of methoxy groups -OCH3 is 1. The molecular formula is C14H18ClN3O. The molecular weight excluding hydrogens is 262 g/mol. The first-order valence-corrected chi connectivity index (χ1v) is 6.60. The Morgan fingerprint density at radius 2 is 2.16 bits per heavy atom. The molecule has 0 saturated carbocycles. The van der Waals surface area contributed by atoms with E-state index in [4.69, 9.17) is 16.3 Å². The standard InChI is InChI=1S/C14H18ClN3O/c1-11-13(15)10-18(17-11)14-6-4-3-5-12(14)9-16-7-8-19-2/h3-6,10,16H,7-9H2,1-2H3. The Labute approximate surface area is 118 Å². The van der Waals surface area contributed by atoms with Crippen molar-refractivity contribution in [2.75, 3.05) is 20.3 Å². The van der Waals surface area contributed by atoms with E-state index in [2.05, 4.69) is 16.5 Å². The van der Waals surface area contributed by atoms with Gasteiger partial charge in [-0.25, -0.2) is 4.68 Å². The Morgan fingerprint density at radius 1 is 1.37 bits per heavy atom. The second kappa shape index (κ2) is 6.70. The summed E-state index contributed by atoms with van der Waals surface area (Å²) < 4.78 is 6.84. The molecule has 19 heavy (non-hydrogen) atoms. The largest absolute Gasteiger partial charge is 0.383 e. The van der Waals surface area contributed by atoms with Crippen LogP contribution in [-0.4, -0.2) is 30.0 Å². The number of hydrogen-bond acceptors (Lipinski definition) is 3. The Kier molecular flexibility index (Phi) is 4.96. The van der Waals surface area contributed by atoms with E-state index < -0.39 is 0 Å². The molecule has 1 aromatic heterocycles. The fourth-order valence-corrected chi connectivity index (χ4v) is 1.97. The third-order valence-corrected chi connectivity index (χ3v) is 3.25. The first kappa shape index (κ1) is 14.1. The van der Waals surface area contributed by atoms with Gasteiger partial charge in [-0.3, -0.25) is 0 Å². The van der Waals surface area contributed by atoms with Gasteiger partial charge in [-0.15, -0.1) is 0 Å². The van der Waals surface area contributed by atoms with E-state index in [1.165, 1.54) is 5.56 Å². The molecule has 102 valence electrons. The molecule has 0 radical (unpaired) electrons. The number of hydrogen-bond donors (Lipinski definition) is 1. The summed E-state index contributed by atoms with van der Waals surface area (Å²) in [5, 5.41) is 8.44. The molecule has 0 atom stereocenters. The highest BCUT2D eigenvalue weighted by Gasteiger charge is 2.07. The van der Waals surface area contributed by atoms with Crippen LogP contribution in [0.25, 0.3) is 5.69 Å². The summed E-state index contributed by atoms with van der Waals surface area (Å²) >= 11 is 6.06. The van der Waals surface area contributed by atoms with Crippen molar-refractivity contribution in [2.24, 2.45) is 0 Å². The Bertz CT molecular complexity index is 520. The van der Waals surface area contributed by atoms with Gasteiger partial charge in [0.25, 0.3) is 0 Å². The van der Waals surface area contributed by atoms with E-state index in [0.29, 0.717) is 11.6 Å². The van der Waals surface area contributed by atoms with E-state index >= 15 is 0 Å². The van der Waals surface area contributed by atoms with Gasteiger partial charge in [-0.05, 0) is 18.6 Å². The lowest BCUT2D eigenvalue weighted by atomic mass is 10.2. The summed E-state index contributed by atoms with van der Waals surface area (Å²) in [4.78, 5) is 0. The molecule has 1 heterocycles.